The summed E-state index contributed by atoms with van der Waals surface area (Å²) in [6.07, 6.45) is 1.04. The van der Waals surface area contributed by atoms with Crippen LogP contribution in [0.15, 0.2) is 0 Å². The van der Waals surface area contributed by atoms with Gasteiger partial charge in [0.05, 0.1) is 5.75 Å². The Balaban J connectivity index is 2.43. The Morgan fingerprint density at radius 2 is 2.17 bits per heavy atom. The van der Waals surface area contributed by atoms with Gasteiger partial charge in [-0.15, -0.1) is 0 Å². The minimum atomic E-state index is -2.75. The van der Waals surface area contributed by atoms with Crippen LogP contribution in [0.4, 0.5) is 0 Å². The minimum Gasteiger partial charge on any atom is -0.306 e. The largest absolute Gasteiger partial charge is 0.306 e. The molecule has 1 saturated heterocycles. The van der Waals surface area contributed by atoms with Crippen LogP contribution in [0, 0.1) is 5.92 Å². The van der Waals surface area contributed by atoms with Crippen LogP contribution in [-0.2, 0) is 9.84 Å². The SMILES string of the molecule is CCS(=O)(=O)CC1CCN(C)C1. The summed E-state index contributed by atoms with van der Waals surface area (Å²) in [7, 11) is -0.713. The van der Waals surface area contributed by atoms with E-state index >= 15 is 0 Å². The van der Waals surface area contributed by atoms with E-state index in [-0.39, 0.29) is 5.75 Å². The van der Waals surface area contributed by atoms with Crippen molar-refractivity contribution in [3.63, 3.8) is 0 Å². The third kappa shape index (κ3) is 2.75. The Hall–Kier alpha value is -0.0900. The Morgan fingerprint density at radius 1 is 1.50 bits per heavy atom. The van der Waals surface area contributed by atoms with Crippen LogP contribution in [0.5, 0.6) is 0 Å². The van der Waals surface area contributed by atoms with Gasteiger partial charge in [0.2, 0.25) is 0 Å². The topological polar surface area (TPSA) is 37.4 Å². The van der Waals surface area contributed by atoms with Gasteiger partial charge in [0.15, 0.2) is 0 Å². The maximum Gasteiger partial charge on any atom is 0.150 e. The van der Waals surface area contributed by atoms with Crippen molar-refractivity contribution in [2.24, 2.45) is 5.92 Å². The molecule has 0 aromatic heterocycles. The van der Waals surface area contributed by atoms with Gasteiger partial charge in [-0.3, -0.25) is 0 Å². The second-order valence-corrected chi connectivity index (χ2v) is 6.01. The number of hydrogen-bond donors (Lipinski definition) is 0. The molecule has 0 spiro atoms. The van der Waals surface area contributed by atoms with Gasteiger partial charge in [0.25, 0.3) is 0 Å². The molecule has 1 aliphatic heterocycles. The first-order valence-electron chi connectivity index (χ1n) is 4.42. The standard InChI is InChI=1S/C8H17NO2S/c1-3-12(10,11)7-8-4-5-9(2)6-8/h8H,3-7H2,1-2H3. The lowest BCUT2D eigenvalue weighted by Gasteiger charge is -2.09. The molecule has 72 valence electrons. The molecule has 12 heavy (non-hydrogen) atoms. The zero-order valence-electron chi connectivity index (χ0n) is 7.78. The Labute approximate surface area is 74.7 Å². The van der Waals surface area contributed by atoms with E-state index in [1.165, 1.54) is 0 Å². The van der Waals surface area contributed by atoms with Crippen LogP contribution < -0.4 is 0 Å². The van der Waals surface area contributed by atoms with Crippen LogP contribution in [0.2, 0.25) is 0 Å². The molecular formula is C8H17NO2S. The minimum absolute atomic E-state index is 0.285. The predicted octanol–water partition coefficient (Wildman–Crippen LogP) is 0.373. The van der Waals surface area contributed by atoms with E-state index in [1.807, 2.05) is 7.05 Å². The highest BCUT2D eigenvalue weighted by molar-refractivity contribution is 7.91. The van der Waals surface area contributed by atoms with E-state index < -0.39 is 9.84 Å². The molecule has 0 radical (unpaired) electrons. The molecule has 4 heteroatoms. The normalized spacial score (nSPS) is 26.3. The number of sulfone groups is 1. The summed E-state index contributed by atoms with van der Waals surface area (Å²) in [4.78, 5) is 2.19. The van der Waals surface area contributed by atoms with Crippen molar-refractivity contribution in [2.75, 3.05) is 31.6 Å². The number of nitrogens with zero attached hydrogens (tertiary/aromatic N) is 1. The van der Waals surface area contributed by atoms with Crippen LogP contribution in [0.3, 0.4) is 0 Å². The predicted molar refractivity (Wildman–Crippen MR) is 49.9 cm³/mol. The Kier molecular flexibility index (Phi) is 3.12. The molecule has 0 bridgehead atoms. The van der Waals surface area contributed by atoms with E-state index in [4.69, 9.17) is 0 Å². The first-order valence-corrected chi connectivity index (χ1v) is 6.24. The quantitative estimate of drug-likeness (QED) is 0.647. The van der Waals surface area contributed by atoms with Gasteiger partial charge in [-0.2, -0.15) is 0 Å². The van der Waals surface area contributed by atoms with Crippen molar-refractivity contribution < 1.29 is 8.42 Å². The van der Waals surface area contributed by atoms with Crippen molar-refractivity contribution in [1.29, 1.82) is 0 Å². The van der Waals surface area contributed by atoms with Crippen molar-refractivity contribution in [2.45, 2.75) is 13.3 Å². The molecule has 1 unspecified atom stereocenters. The van der Waals surface area contributed by atoms with Gasteiger partial charge in [0.1, 0.15) is 9.84 Å². The molecule has 0 aliphatic carbocycles. The molecule has 1 rings (SSSR count). The zero-order chi connectivity index (χ0) is 9.19. The molecule has 1 atom stereocenters. The maximum atomic E-state index is 11.2. The van der Waals surface area contributed by atoms with Gasteiger partial charge < -0.3 is 4.90 Å². The van der Waals surface area contributed by atoms with Crippen molar-refractivity contribution in [1.82, 2.24) is 4.90 Å². The van der Waals surface area contributed by atoms with E-state index in [0.717, 1.165) is 19.5 Å². The highest BCUT2D eigenvalue weighted by atomic mass is 32.2. The Bertz CT molecular complexity index is 235. The van der Waals surface area contributed by atoms with Gasteiger partial charge >= 0.3 is 0 Å². The molecule has 1 aliphatic rings. The molecule has 3 nitrogen and oxygen atoms in total. The first kappa shape index (κ1) is 9.99. The van der Waals surface area contributed by atoms with Crippen LogP contribution in [0.25, 0.3) is 0 Å². The highest BCUT2D eigenvalue weighted by Crippen LogP contribution is 2.16. The maximum absolute atomic E-state index is 11.2. The molecule has 0 N–H and O–H groups in total. The summed E-state index contributed by atoms with van der Waals surface area (Å²) in [5.74, 6) is 1.04. The van der Waals surface area contributed by atoms with Crippen molar-refractivity contribution >= 4 is 9.84 Å². The monoisotopic (exact) mass is 191 g/mol. The lowest BCUT2D eigenvalue weighted by molar-refractivity contribution is 0.401. The van der Waals surface area contributed by atoms with Gasteiger partial charge in [-0.25, -0.2) is 8.42 Å². The molecule has 0 saturated carbocycles. The Morgan fingerprint density at radius 3 is 2.58 bits per heavy atom. The van der Waals surface area contributed by atoms with Gasteiger partial charge in [0, 0.05) is 12.3 Å². The van der Waals surface area contributed by atoms with Gasteiger partial charge in [-0.05, 0) is 25.9 Å². The molecule has 1 heterocycles. The number of hydrogen-bond acceptors (Lipinski definition) is 3. The fourth-order valence-corrected chi connectivity index (χ4v) is 2.87. The number of rotatable bonds is 3. The third-order valence-corrected chi connectivity index (χ3v) is 4.28. The third-order valence-electron chi connectivity index (χ3n) is 2.42. The van der Waals surface area contributed by atoms with E-state index in [1.54, 1.807) is 6.92 Å². The molecule has 0 amide bonds. The summed E-state index contributed by atoms with van der Waals surface area (Å²) < 4.78 is 22.5. The number of likely N-dealkylation sites (tertiary alicyclic amines) is 1. The average molecular weight is 191 g/mol. The van der Waals surface area contributed by atoms with Gasteiger partial charge in [-0.1, -0.05) is 6.92 Å². The first-order chi connectivity index (χ1) is 5.53. The molecular weight excluding hydrogens is 174 g/mol. The lowest BCUT2D eigenvalue weighted by atomic mass is 10.2. The van der Waals surface area contributed by atoms with Crippen LogP contribution in [-0.4, -0.2) is 45.0 Å². The van der Waals surface area contributed by atoms with Crippen LogP contribution in [0.1, 0.15) is 13.3 Å². The summed E-state index contributed by atoms with van der Waals surface area (Å²) in [5.41, 5.74) is 0. The van der Waals surface area contributed by atoms with E-state index in [9.17, 15) is 8.42 Å². The molecule has 0 aromatic carbocycles. The second kappa shape index (κ2) is 3.75. The summed E-state index contributed by atoms with van der Waals surface area (Å²) in [6.45, 7) is 3.71. The summed E-state index contributed by atoms with van der Waals surface area (Å²) in [6, 6.07) is 0. The fraction of sp³-hybridized carbons (Fsp3) is 1.00. The van der Waals surface area contributed by atoms with E-state index in [0.29, 0.717) is 11.7 Å². The summed E-state index contributed by atoms with van der Waals surface area (Å²) in [5, 5.41) is 0. The zero-order valence-corrected chi connectivity index (χ0v) is 8.60. The fourth-order valence-electron chi connectivity index (χ4n) is 1.64. The van der Waals surface area contributed by atoms with E-state index in [2.05, 4.69) is 4.90 Å². The average Bonchev–Trinajstić information content (AvgIpc) is 2.35. The van der Waals surface area contributed by atoms with Crippen molar-refractivity contribution in [3.8, 4) is 0 Å². The van der Waals surface area contributed by atoms with Crippen molar-refractivity contribution in [3.05, 3.63) is 0 Å². The molecule has 1 fully saturated rings. The van der Waals surface area contributed by atoms with Crippen LogP contribution >= 0.6 is 0 Å². The lowest BCUT2D eigenvalue weighted by Crippen LogP contribution is -2.21. The molecule has 0 aromatic rings. The smallest absolute Gasteiger partial charge is 0.150 e. The second-order valence-electron chi connectivity index (χ2n) is 3.62. The highest BCUT2D eigenvalue weighted by Gasteiger charge is 2.23. The summed E-state index contributed by atoms with van der Waals surface area (Å²) >= 11 is 0.